The van der Waals surface area contributed by atoms with Gasteiger partial charge in [-0.2, -0.15) is 0 Å². The van der Waals surface area contributed by atoms with E-state index in [0.717, 1.165) is 12.1 Å². The molecule has 98 valence electrons. The summed E-state index contributed by atoms with van der Waals surface area (Å²) in [7, 11) is 0. The highest BCUT2D eigenvalue weighted by Gasteiger charge is 2.40. The van der Waals surface area contributed by atoms with Gasteiger partial charge in [0, 0.05) is 13.1 Å². The molecule has 18 heavy (non-hydrogen) atoms. The first-order chi connectivity index (χ1) is 8.40. The Morgan fingerprint density at radius 1 is 1.56 bits per heavy atom. The van der Waals surface area contributed by atoms with Crippen LogP contribution in [0.25, 0.3) is 0 Å². The van der Waals surface area contributed by atoms with Crippen LogP contribution in [0.3, 0.4) is 0 Å². The van der Waals surface area contributed by atoms with E-state index < -0.39 is 11.4 Å². The van der Waals surface area contributed by atoms with E-state index in [1.165, 1.54) is 6.07 Å². The fourth-order valence-electron chi connectivity index (χ4n) is 2.43. The third-order valence-corrected chi connectivity index (χ3v) is 3.70. The third kappa shape index (κ3) is 2.53. The van der Waals surface area contributed by atoms with Gasteiger partial charge in [-0.05, 0) is 44.0 Å². The van der Waals surface area contributed by atoms with Crippen LogP contribution in [-0.2, 0) is 11.3 Å². The number of benzene rings is 1. The molecule has 0 aliphatic carbocycles. The Labute approximate surface area is 106 Å². The van der Waals surface area contributed by atoms with Gasteiger partial charge in [-0.3, -0.25) is 9.69 Å². The monoisotopic (exact) mass is 251 g/mol. The van der Waals surface area contributed by atoms with E-state index in [1.54, 1.807) is 19.9 Å². The third-order valence-electron chi connectivity index (χ3n) is 3.70. The van der Waals surface area contributed by atoms with Gasteiger partial charge < -0.3 is 5.11 Å². The van der Waals surface area contributed by atoms with Gasteiger partial charge in [0.05, 0.1) is 5.41 Å². The molecule has 1 atom stereocenters. The van der Waals surface area contributed by atoms with Crippen molar-refractivity contribution in [2.45, 2.75) is 26.8 Å². The number of carbonyl (C=O) groups is 1. The molecule has 1 N–H and O–H groups in total. The van der Waals surface area contributed by atoms with E-state index in [-0.39, 0.29) is 5.82 Å². The normalized spacial score (nSPS) is 24.4. The molecule has 1 unspecified atom stereocenters. The second-order valence-electron chi connectivity index (χ2n) is 5.41. The summed E-state index contributed by atoms with van der Waals surface area (Å²) in [5.41, 5.74) is 1.02. The molecule has 1 aromatic rings. The number of carboxylic acid groups (broad SMARTS) is 1. The second kappa shape index (κ2) is 4.69. The number of hydrogen-bond donors (Lipinski definition) is 1. The van der Waals surface area contributed by atoms with Crippen molar-refractivity contribution in [2.75, 3.05) is 13.1 Å². The molecule has 0 spiro atoms. The van der Waals surface area contributed by atoms with Crippen molar-refractivity contribution in [3.05, 3.63) is 35.1 Å². The zero-order valence-corrected chi connectivity index (χ0v) is 10.7. The Kier molecular flexibility index (Phi) is 3.39. The Morgan fingerprint density at radius 2 is 2.28 bits per heavy atom. The van der Waals surface area contributed by atoms with Crippen molar-refractivity contribution in [1.29, 1.82) is 0 Å². The molecule has 0 amide bonds. The largest absolute Gasteiger partial charge is 0.481 e. The van der Waals surface area contributed by atoms with Crippen molar-refractivity contribution in [2.24, 2.45) is 5.41 Å². The number of hydrogen-bond acceptors (Lipinski definition) is 2. The molecule has 1 aliphatic rings. The lowest BCUT2D eigenvalue weighted by Gasteiger charge is -2.20. The fourth-order valence-corrected chi connectivity index (χ4v) is 2.43. The average molecular weight is 251 g/mol. The molecule has 1 saturated heterocycles. The van der Waals surface area contributed by atoms with Crippen LogP contribution in [0.5, 0.6) is 0 Å². The van der Waals surface area contributed by atoms with E-state index in [0.29, 0.717) is 25.1 Å². The van der Waals surface area contributed by atoms with Crippen molar-refractivity contribution in [3.63, 3.8) is 0 Å². The zero-order valence-electron chi connectivity index (χ0n) is 10.7. The molecule has 2 rings (SSSR count). The summed E-state index contributed by atoms with van der Waals surface area (Å²) in [5, 5.41) is 9.16. The number of carboxylic acids is 1. The predicted octanol–water partition coefficient (Wildman–Crippen LogP) is 2.43. The van der Waals surface area contributed by atoms with Gasteiger partial charge in [0.2, 0.25) is 0 Å². The molecule has 4 heteroatoms. The topological polar surface area (TPSA) is 40.5 Å². The summed E-state index contributed by atoms with van der Waals surface area (Å²) in [4.78, 5) is 13.3. The fraction of sp³-hybridized carbons (Fsp3) is 0.500. The molecule has 1 heterocycles. The van der Waals surface area contributed by atoms with Gasteiger partial charge in [0.25, 0.3) is 0 Å². The number of nitrogens with zero attached hydrogens (tertiary/aromatic N) is 1. The van der Waals surface area contributed by atoms with Crippen LogP contribution in [0.15, 0.2) is 18.2 Å². The Balaban J connectivity index is 2.03. The molecule has 0 radical (unpaired) electrons. The predicted molar refractivity (Wildman–Crippen MR) is 66.8 cm³/mol. The lowest BCUT2D eigenvalue weighted by atomic mass is 9.90. The van der Waals surface area contributed by atoms with Crippen molar-refractivity contribution in [1.82, 2.24) is 4.90 Å². The zero-order chi connectivity index (χ0) is 13.3. The van der Waals surface area contributed by atoms with Gasteiger partial charge in [-0.25, -0.2) is 4.39 Å². The van der Waals surface area contributed by atoms with Crippen LogP contribution in [0.2, 0.25) is 0 Å². The molecule has 1 aromatic carbocycles. The van der Waals surface area contributed by atoms with E-state index in [9.17, 15) is 9.18 Å². The summed E-state index contributed by atoms with van der Waals surface area (Å²) < 4.78 is 13.1. The maximum Gasteiger partial charge on any atom is 0.310 e. The van der Waals surface area contributed by atoms with Crippen LogP contribution in [0.4, 0.5) is 4.39 Å². The molecular weight excluding hydrogens is 233 g/mol. The minimum absolute atomic E-state index is 0.199. The van der Waals surface area contributed by atoms with E-state index >= 15 is 0 Å². The molecular formula is C14H18FNO2. The Morgan fingerprint density at radius 3 is 2.83 bits per heavy atom. The molecule has 3 nitrogen and oxygen atoms in total. The molecule has 1 fully saturated rings. The van der Waals surface area contributed by atoms with Gasteiger partial charge in [-0.15, -0.1) is 0 Å². The SMILES string of the molecule is Cc1cc(CN2CCC(C)(C(=O)O)C2)ccc1F. The minimum atomic E-state index is -0.736. The van der Waals surface area contributed by atoms with Crippen LogP contribution in [-0.4, -0.2) is 29.1 Å². The maximum absolute atomic E-state index is 13.1. The highest BCUT2D eigenvalue weighted by Crippen LogP contribution is 2.31. The molecule has 0 saturated carbocycles. The van der Waals surface area contributed by atoms with Crippen LogP contribution >= 0.6 is 0 Å². The lowest BCUT2D eigenvalue weighted by Crippen LogP contribution is -2.31. The number of aliphatic carboxylic acids is 1. The summed E-state index contributed by atoms with van der Waals surface area (Å²) in [6.45, 7) is 5.54. The van der Waals surface area contributed by atoms with E-state index in [2.05, 4.69) is 4.90 Å². The number of halogens is 1. The quantitative estimate of drug-likeness (QED) is 0.897. The van der Waals surface area contributed by atoms with Gasteiger partial charge in [-0.1, -0.05) is 12.1 Å². The number of aryl methyl sites for hydroxylation is 1. The first-order valence-electron chi connectivity index (χ1n) is 6.11. The van der Waals surface area contributed by atoms with Crippen molar-refractivity contribution in [3.8, 4) is 0 Å². The first kappa shape index (κ1) is 13.0. The summed E-state index contributed by atoms with van der Waals surface area (Å²) >= 11 is 0. The lowest BCUT2D eigenvalue weighted by molar-refractivity contribution is -0.147. The number of rotatable bonds is 3. The maximum atomic E-state index is 13.1. The number of likely N-dealkylation sites (tertiary alicyclic amines) is 1. The van der Waals surface area contributed by atoms with Gasteiger partial charge in [0.1, 0.15) is 5.82 Å². The highest BCUT2D eigenvalue weighted by molar-refractivity contribution is 5.74. The highest BCUT2D eigenvalue weighted by atomic mass is 19.1. The summed E-state index contributed by atoms with van der Waals surface area (Å²) in [5.74, 6) is -0.934. The average Bonchev–Trinajstić information content (AvgIpc) is 2.67. The Bertz CT molecular complexity index is 475. The van der Waals surface area contributed by atoms with E-state index in [4.69, 9.17) is 5.11 Å². The van der Waals surface area contributed by atoms with Crippen LogP contribution < -0.4 is 0 Å². The first-order valence-corrected chi connectivity index (χ1v) is 6.11. The molecule has 0 bridgehead atoms. The molecule has 1 aliphatic heterocycles. The van der Waals surface area contributed by atoms with Crippen molar-refractivity contribution < 1.29 is 14.3 Å². The van der Waals surface area contributed by atoms with Gasteiger partial charge in [0.15, 0.2) is 0 Å². The van der Waals surface area contributed by atoms with Crippen molar-refractivity contribution >= 4 is 5.97 Å². The summed E-state index contributed by atoms with van der Waals surface area (Å²) in [6, 6.07) is 5.06. The second-order valence-corrected chi connectivity index (χ2v) is 5.41. The minimum Gasteiger partial charge on any atom is -0.481 e. The smallest absolute Gasteiger partial charge is 0.310 e. The standard InChI is InChI=1S/C14H18FNO2/c1-10-7-11(3-4-12(10)15)8-16-6-5-14(2,9-16)13(17)18/h3-4,7H,5-6,8-9H2,1-2H3,(H,17,18). The molecule has 0 aromatic heterocycles. The van der Waals surface area contributed by atoms with Crippen LogP contribution in [0.1, 0.15) is 24.5 Å². The Hall–Kier alpha value is -1.42. The van der Waals surface area contributed by atoms with Crippen LogP contribution in [0, 0.1) is 18.2 Å². The van der Waals surface area contributed by atoms with E-state index in [1.807, 2.05) is 6.07 Å². The summed E-state index contributed by atoms with van der Waals surface area (Å²) in [6.07, 6.45) is 0.669. The van der Waals surface area contributed by atoms with Gasteiger partial charge >= 0.3 is 5.97 Å².